The van der Waals surface area contributed by atoms with E-state index in [2.05, 4.69) is 0 Å². The maximum absolute atomic E-state index is 8.12. The van der Waals surface area contributed by atoms with Crippen molar-refractivity contribution in [2.75, 3.05) is 0 Å². The Labute approximate surface area is 42.1 Å². The van der Waals surface area contributed by atoms with Gasteiger partial charge in [-0.05, 0) is 12.1 Å². The van der Waals surface area contributed by atoms with Crippen molar-refractivity contribution in [2.24, 2.45) is 0 Å². The zero-order chi connectivity index (χ0) is 4.83. The second kappa shape index (κ2) is 5.35. The van der Waals surface area contributed by atoms with Gasteiger partial charge in [0.1, 0.15) is 0 Å². The molecule has 0 heterocycles. The Hall–Kier alpha value is 0.354. The highest BCUT2D eigenvalue weighted by Crippen LogP contribution is 1.80. The average molecular weight is 118 g/mol. The highest BCUT2D eigenvalue weighted by molar-refractivity contribution is 6.32. The summed E-state index contributed by atoms with van der Waals surface area (Å²) >= 11 is 0. The summed E-state index contributed by atoms with van der Waals surface area (Å²) in [5, 5.41) is 0. The van der Waals surface area contributed by atoms with Crippen LogP contribution in [-0.2, 0) is 0 Å². The van der Waals surface area contributed by atoms with Gasteiger partial charge in [-0.1, -0.05) is 0 Å². The minimum atomic E-state index is 0.0115. The summed E-state index contributed by atoms with van der Waals surface area (Å²) < 4.78 is 0. The summed E-state index contributed by atoms with van der Waals surface area (Å²) in [5.74, 6) is 0. The lowest BCUT2D eigenvalue weighted by atomic mass is 11.0. The van der Waals surface area contributed by atoms with Gasteiger partial charge in [-0.3, -0.25) is 0 Å². The van der Waals surface area contributed by atoms with E-state index in [4.69, 9.17) is 9.59 Å². The first-order valence-electron chi connectivity index (χ1n) is 1.65. The molecule has 6 heavy (non-hydrogen) atoms. The summed E-state index contributed by atoms with van der Waals surface area (Å²) in [6.07, 6.45) is 0. The molecule has 0 amide bonds. The Bertz CT molecular complexity index is 21.5. The van der Waals surface area contributed by atoms with Crippen LogP contribution in [0.4, 0.5) is 0 Å². The van der Waals surface area contributed by atoms with E-state index >= 15 is 0 Å². The molecule has 4 radical (unpaired) electrons. The molecule has 0 aliphatic rings. The molecule has 0 aromatic rings. The fraction of sp³-hybridized carbons (Fsp3) is 1.00. The SMILES string of the molecule is O[Si]CC[Si]O. The van der Waals surface area contributed by atoms with E-state index in [-0.39, 0.29) is 19.5 Å². The van der Waals surface area contributed by atoms with Crippen LogP contribution in [0, 0.1) is 0 Å². The maximum Gasteiger partial charge on any atom is 0.224 e. The summed E-state index contributed by atoms with van der Waals surface area (Å²) in [6.45, 7) is 0. The second-order valence-corrected chi connectivity index (χ2v) is 2.45. The molecule has 0 fully saturated rings. The first kappa shape index (κ1) is 6.35. The minimum Gasteiger partial charge on any atom is -0.432 e. The molecule has 2 N–H and O–H groups in total. The van der Waals surface area contributed by atoms with Crippen molar-refractivity contribution in [3.63, 3.8) is 0 Å². The monoisotopic (exact) mass is 118 g/mol. The van der Waals surface area contributed by atoms with E-state index in [1.165, 1.54) is 0 Å². The molecule has 0 spiro atoms. The molecule has 0 atom stereocenters. The van der Waals surface area contributed by atoms with Crippen LogP contribution in [0.3, 0.4) is 0 Å². The average Bonchev–Trinajstić information content (AvgIpc) is 1.61. The summed E-state index contributed by atoms with van der Waals surface area (Å²) in [5.41, 5.74) is 0. The van der Waals surface area contributed by atoms with Gasteiger partial charge in [0.05, 0.1) is 0 Å². The summed E-state index contributed by atoms with van der Waals surface area (Å²) in [4.78, 5) is 16.2. The van der Waals surface area contributed by atoms with Gasteiger partial charge >= 0.3 is 0 Å². The molecule has 34 valence electrons. The van der Waals surface area contributed by atoms with Crippen LogP contribution < -0.4 is 0 Å². The van der Waals surface area contributed by atoms with Crippen LogP contribution in [0.25, 0.3) is 0 Å². The van der Waals surface area contributed by atoms with Crippen LogP contribution in [0.2, 0.25) is 12.1 Å². The first-order valence-corrected chi connectivity index (χ1v) is 3.96. The third-order valence-corrected chi connectivity index (χ3v) is 1.80. The van der Waals surface area contributed by atoms with Crippen molar-refractivity contribution >= 4 is 19.5 Å². The van der Waals surface area contributed by atoms with Gasteiger partial charge in [0.25, 0.3) is 0 Å². The molecule has 0 rings (SSSR count). The summed E-state index contributed by atoms with van der Waals surface area (Å²) in [6, 6.07) is 1.52. The van der Waals surface area contributed by atoms with E-state index in [1.54, 1.807) is 0 Å². The third-order valence-electron chi connectivity index (χ3n) is 0.349. The van der Waals surface area contributed by atoms with E-state index in [1.807, 2.05) is 0 Å². The first-order chi connectivity index (χ1) is 2.91. The van der Waals surface area contributed by atoms with Crippen molar-refractivity contribution in [3.8, 4) is 0 Å². The predicted molar refractivity (Wildman–Crippen MR) is 25.6 cm³/mol. The van der Waals surface area contributed by atoms with Crippen molar-refractivity contribution < 1.29 is 9.59 Å². The lowest BCUT2D eigenvalue weighted by molar-refractivity contribution is 0.589. The quantitative estimate of drug-likeness (QED) is 0.370. The fourth-order valence-electron chi connectivity index (χ4n) is 0.112. The minimum absolute atomic E-state index is 0.0115. The Morgan fingerprint density at radius 1 is 1.00 bits per heavy atom. The maximum atomic E-state index is 8.12. The van der Waals surface area contributed by atoms with E-state index in [9.17, 15) is 0 Å². The molecule has 0 aromatic heterocycles. The van der Waals surface area contributed by atoms with Gasteiger partial charge in [-0.25, -0.2) is 0 Å². The lowest BCUT2D eigenvalue weighted by Crippen LogP contribution is -1.90. The Kier molecular flexibility index (Phi) is 5.67. The molecule has 0 aliphatic carbocycles. The highest BCUT2D eigenvalue weighted by atomic mass is 28.2. The molecule has 4 heteroatoms. The zero-order valence-corrected chi connectivity index (χ0v) is 5.31. The van der Waals surface area contributed by atoms with Gasteiger partial charge < -0.3 is 9.59 Å². The number of rotatable bonds is 3. The number of hydrogen-bond donors (Lipinski definition) is 2. The molecule has 0 bridgehead atoms. The molecule has 2 nitrogen and oxygen atoms in total. The van der Waals surface area contributed by atoms with Crippen molar-refractivity contribution in [3.05, 3.63) is 0 Å². The molecule has 0 saturated heterocycles. The standard InChI is InChI=1S/C2H6O2Si2/c3-5-1-2-6-4/h3-4H,1-2H2. The molecule has 0 aromatic carbocycles. The van der Waals surface area contributed by atoms with Gasteiger partial charge in [-0.15, -0.1) is 0 Å². The van der Waals surface area contributed by atoms with E-state index in [0.717, 1.165) is 12.1 Å². The lowest BCUT2D eigenvalue weighted by Gasteiger charge is -1.80. The van der Waals surface area contributed by atoms with Crippen molar-refractivity contribution in [2.45, 2.75) is 12.1 Å². The van der Waals surface area contributed by atoms with Crippen LogP contribution in [0.1, 0.15) is 0 Å². The molecule has 0 saturated carbocycles. The predicted octanol–water partition coefficient (Wildman–Crippen LogP) is -0.954. The topological polar surface area (TPSA) is 40.5 Å². The smallest absolute Gasteiger partial charge is 0.224 e. The Morgan fingerprint density at radius 3 is 1.50 bits per heavy atom. The zero-order valence-electron chi connectivity index (χ0n) is 3.31. The summed E-state index contributed by atoms with van der Waals surface area (Å²) in [7, 11) is 0.0231. The third kappa shape index (κ3) is 4.35. The largest absolute Gasteiger partial charge is 0.432 e. The van der Waals surface area contributed by atoms with Crippen molar-refractivity contribution in [1.29, 1.82) is 0 Å². The molecule has 0 aliphatic heterocycles. The van der Waals surface area contributed by atoms with Crippen molar-refractivity contribution in [1.82, 2.24) is 0 Å². The van der Waals surface area contributed by atoms with E-state index < -0.39 is 0 Å². The van der Waals surface area contributed by atoms with Gasteiger partial charge in [-0.2, -0.15) is 0 Å². The van der Waals surface area contributed by atoms with Crippen LogP contribution >= 0.6 is 0 Å². The van der Waals surface area contributed by atoms with E-state index in [0.29, 0.717) is 0 Å². The van der Waals surface area contributed by atoms with Gasteiger partial charge in [0, 0.05) is 0 Å². The fourth-order valence-corrected chi connectivity index (χ4v) is 1.01. The normalized spacial score (nSPS) is 9.00. The molecular formula is C2H6O2Si2. The van der Waals surface area contributed by atoms with Crippen LogP contribution in [0.5, 0.6) is 0 Å². The Morgan fingerprint density at radius 2 is 1.33 bits per heavy atom. The molecule has 0 unspecified atom stereocenters. The second-order valence-electron chi connectivity index (χ2n) is 0.816. The number of hydrogen-bond acceptors (Lipinski definition) is 2. The Balaban J connectivity index is 2.34. The van der Waals surface area contributed by atoms with Crippen LogP contribution in [0.15, 0.2) is 0 Å². The highest BCUT2D eigenvalue weighted by Gasteiger charge is 1.83. The van der Waals surface area contributed by atoms with Gasteiger partial charge in [0.2, 0.25) is 19.5 Å². The van der Waals surface area contributed by atoms with Crippen LogP contribution in [-0.4, -0.2) is 29.1 Å². The molecular weight excluding hydrogens is 112 g/mol. The van der Waals surface area contributed by atoms with Gasteiger partial charge in [0.15, 0.2) is 0 Å².